The molecule has 1 unspecified atom stereocenters. The van der Waals surface area contributed by atoms with E-state index in [1.165, 1.54) is 41.3 Å². The Labute approximate surface area is 208 Å². The number of pyridine rings is 1. The molecule has 5 aromatic rings. The molecule has 5 rings (SSSR count). The van der Waals surface area contributed by atoms with Crippen molar-refractivity contribution in [3.63, 3.8) is 0 Å². The number of thioether (sulfide) groups is 1. The number of hydrogen-bond acceptors (Lipinski definition) is 6. The zero-order valence-corrected chi connectivity index (χ0v) is 20.4. The van der Waals surface area contributed by atoms with Gasteiger partial charge >= 0.3 is 0 Å². The summed E-state index contributed by atoms with van der Waals surface area (Å²) in [6.07, 6.45) is 1.69. The van der Waals surface area contributed by atoms with Crippen LogP contribution in [0.5, 0.6) is 0 Å². The first-order valence-electron chi connectivity index (χ1n) is 11.0. The molecule has 0 saturated heterocycles. The van der Waals surface area contributed by atoms with Crippen LogP contribution in [0.4, 0.5) is 10.1 Å². The van der Waals surface area contributed by atoms with Crippen LogP contribution in [0, 0.1) is 5.82 Å². The fourth-order valence-corrected chi connectivity index (χ4v) is 5.70. The molecule has 3 heterocycles. The van der Waals surface area contributed by atoms with Crippen molar-refractivity contribution >= 4 is 55.1 Å². The van der Waals surface area contributed by atoms with Crippen molar-refractivity contribution in [3.05, 3.63) is 94.7 Å². The molecule has 1 atom stereocenters. The summed E-state index contributed by atoms with van der Waals surface area (Å²) in [4.78, 5) is 36.1. The summed E-state index contributed by atoms with van der Waals surface area (Å²) in [5.74, 6) is -0.658. The van der Waals surface area contributed by atoms with Crippen molar-refractivity contribution in [3.8, 4) is 0 Å². The van der Waals surface area contributed by atoms with E-state index in [1.807, 2.05) is 42.5 Å². The van der Waals surface area contributed by atoms with E-state index in [1.54, 1.807) is 16.8 Å². The van der Waals surface area contributed by atoms with E-state index in [2.05, 4.69) is 17.2 Å². The van der Waals surface area contributed by atoms with Gasteiger partial charge in [0, 0.05) is 23.8 Å². The van der Waals surface area contributed by atoms with Crippen molar-refractivity contribution in [1.82, 2.24) is 14.5 Å². The molecule has 0 saturated carbocycles. The van der Waals surface area contributed by atoms with Gasteiger partial charge in [-0.1, -0.05) is 55.1 Å². The van der Waals surface area contributed by atoms with Gasteiger partial charge in [0.15, 0.2) is 5.16 Å². The van der Waals surface area contributed by atoms with Crippen LogP contribution in [-0.2, 0) is 11.3 Å². The number of nitrogens with zero attached hydrogens (tertiary/aromatic N) is 3. The Bertz CT molecular complexity index is 1580. The lowest BCUT2D eigenvalue weighted by Crippen LogP contribution is -2.25. The second-order valence-corrected chi connectivity index (χ2v) is 10.0. The number of benzene rings is 2. The van der Waals surface area contributed by atoms with Gasteiger partial charge in [0.2, 0.25) is 5.91 Å². The predicted octanol–water partition coefficient (Wildman–Crippen LogP) is 5.68. The molecule has 0 aliphatic carbocycles. The SMILES string of the molecule is CC(Cn1c(SCC(=O)Nc2cccc(F)c2)nc2c(sc3ncccc32)c1=O)c1ccccc1. The van der Waals surface area contributed by atoms with Crippen molar-refractivity contribution in [2.75, 3.05) is 11.1 Å². The number of anilines is 1. The number of carbonyl (C=O) groups is 1. The predicted molar refractivity (Wildman–Crippen MR) is 140 cm³/mol. The van der Waals surface area contributed by atoms with E-state index in [0.29, 0.717) is 27.6 Å². The third kappa shape index (κ3) is 4.96. The highest BCUT2D eigenvalue weighted by Gasteiger charge is 2.19. The van der Waals surface area contributed by atoms with Gasteiger partial charge in [0.25, 0.3) is 5.56 Å². The normalized spacial score (nSPS) is 12.2. The van der Waals surface area contributed by atoms with E-state index in [9.17, 15) is 14.0 Å². The monoisotopic (exact) mass is 504 g/mol. The Balaban J connectivity index is 1.49. The molecule has 0 spiro atoms. The fourth-order valence-electron chi connectivity index (χ4n) is 3.87. The van der Waals surface area contributed by atoms with Crippen LogP contribution in [0.1, 0.15) is 18.4 Å². The van der Waals surface area contributed by atoms with Crippen molar-refractivity contribution in [1.29, 1.82) is 0 Å². The number of rotatable bonds is 7. The third-order valence-corrected chi connectivity index (χ3v) is 7.65. The van der Waals surface area contributed by atoms with Gasteiger partial charge < -0.3 is 5.32 Å². The molecule has 0 radical (unpaired) electrons. The Kier molecular flexibility index (Phi) is 6.61. The number of carbonyl (C=O) groups excluding carboxylic acids is 1. The first kappa shape index (κ1) is 23.2. The van der Waals surface area contributed by atoms with E-state index in [0.717, 1.165) is 15.8 Å². The molecule has 1 N–H and O–H groups in total. The molecule has 3 aromatic heterocycles. The zero-order valence-electron chi connectivity index (χ0n) is 18.8. The molecule has 176 valence electrons. The van der Waals surface area contributed by atoms with Gasteiger partial charge in [0.1, 0.15) is 15.3 Å². The molecule has 6 nitrogen and oxygen atoms in total. The molecule has 0 aliphatic heterocycles. The number of nitrogens with one attached hydrogen (secondary N) is 1. The largest absolute Gasteiger partial charge is 0.325 e. The summed E-state index contributed by atoms with van der Waals surface area (Å²) >= 11 is 2.52. The maximum atomic E-state index is 13.6. The molecule has 0 aliphatic rings. The number of fused-ring (bicyclic) bond motifs is 3. The number of thiophene rings is 1. The van der Waals surface area contributed by atoms with E-state index in [4.69, 9.17) is 4.98 Å². The molecular formula is C26H21FN4O2S2. The highest BCUT2D eigenvalue weighted by Crippen LogP contribution is 2.31. The minimum Gasteiger partial charge on any atom is -0.325 e. The number of hydrogen-bond donors (Lipinski definition) is 1. The lowest BCUT2D eigenvalue weighted by atomic mass is 10.0. The summed E-state index contributed by atoms with van der Waals surface area (Å²) in [5, 5.41) is 3.97. The Morgan fingerprint density at radius 1 is 1.14 bits per heavy atom. The van der Waals surface area contributed by atoms with Crippen LogP contribution in [0.3, 0.4) is 0 Å². The Morgan fingerprint density at radius 2 is 1.97 bits per heavy atom. The molecule has 1 amide bonds. The molecule has 2 aromatic carbocycles. The van der Waals surface area contributed by atoms with Crippen LogP contribution in [0.2, 0.25) is 0 Å². The average molecular weight is 505 g/mol. The molecule has 0 fully saturated rings. The van der Waals surface area contributed by atoms with Crippen LogP contribution < -0.4 is 10.9 Å². The van der Waals surface area contributed by atoms with E-state index < -0.39 is 5.82 Å². The zero-order chi connectivity index (χ0) is 24.4. The molecular weight excluding hydrogens is 483 g/mol. The van der Waals surface area contributed by atoms with Gasteiger partial charge in [-0.05, 0) is 41.8 Å². The molecule has 9 heteroatoms. The van der Waals surface area contributed by atoms with Gasteiger partial charge in [0.05, 0.1) is 11.3 Å². The smallest absolute Gasteiger partial charge is 0.272 e. The second-order valence-electron chi connectivity index (χ2n) is 8.10. The van der Waals surface area contributed by atoms with Crippen LogP contribution in [0.25, 0.3) is 20.4 Å². The standard InChI is InChI=1S/C26H21FN4O2S2/c1-16(17-7-3-2-4-8-17)14-31-25(33)23-22(20-11-6-12-28-24(20)35-23)30-26(31)34-15-21(32)29-19-10-5-9-18(27)13-19/h2-13,16H,14-15H2,1H3,(H,29,32). The lowest BCUT2D eigenvalue weighted by Gasteiger charge is -2.17. The maximum Gasteiger partial charge on any atom is 0.272 e. The van der Waals surface area contributed by atoms with Crippen molar-refractivity contribution in [2.45, 2.75) is 24.5 Å². The Hall–Kier alpha value is -3.56. The van der Waals surface area contributed by atoms with Gasteiger partial charge in [-0.25, -0.2) is 14.4 Å². The van der Waals surface area contributed by atoms with Crippen LogP contribution >= 0.6 is 23.1 Å². The van der Waals surface area contributed by atoms with Gasteiger partial charge in [-0.15, -0.1) is 11.3 Å². The number of halogens is 1. The summed E-state index contributed by atoms with van der Waals surface area (Å²) in [7, 11) is 0. The van der Waals surface area contributed by atoms with E-state index in [-0.39, 0.29) is 23.1 Å². The summed E-state index contributed by atoms with van der Waals surface area (Å²) in [6.45, 7) is 2.48. The van der Waals surface area contributed by atoms with Crippen LogP contribution in [0.15, 0.2) is 82.9 Å². The summed E-state index contributed by atoms with van der Waals surface area (Å²) in [6, 6.07) is 19.4. The third-order valence-electron chi connectivity index (χ3n) is 5.58. The number of aromatic nitrogens is 3. The fraction of sp³-hybridized carbons (Fsp3) is 0.154. The minimum atomic E-state index is -0.427. The van der Waals surface area contributed by atoms with Gasteiger partial charge in [-0.2, -0.15) is 0 Å². The van der Waals surface area contributed by atoms with Crippen LogP contribution in [-0.4, -0.2) is 26.2 Å². The highest BCUT2D eigenvalue weighted by atomic mass is 32.2. The molecule has 0 bridgehead atoms. The Morgan fingerprint density at radius 3 is 2.77 bits per heavy atom. The lowest BCUT2D eigenvalue weighted by molar-refractivity contribution is -0.113. The minimum absolute atomic E-state index is 0.0223. The topological polar surface area (TPSA) is 76.9 Å². The maximum absolute atomic E-state index is 13.6. The van der Waals surface area contributed by atoms with E-state index >= 15 is 0 Å². The highest BCUT2D eigenvalue weighted by molar-refractivity contribution is 7.99. The first-order valence-corrected chi connectivity index (χ1v) is 12.8. The van der Waals surface area contributed by atoms with Crippen molar-refractivity contribution in [2.24, 2.45) is 0 Å². The van der Waals surface area contributed by atoms with Gasteiger partial charge in [-0.3, -0.25) is 14.2 Å². The average Bonchev–Trinajstić information content (AvgIpc) is 3.24. The quantitative estimate of drug-likeness (QED) is 0.228. The molecule has 35 heavy (non-hydrogen) atoms. The first-order chi connectivity index (χ1) is 17.0. The van der Waals surface area contributed by atoms with Crippen molar-refractivity contribution < 1.29 is 9.18 Å². The summed E-state index contributed by atoms with van der Waals surface area (Å²) in [5.41, 5.74) is 1.94. The number of amides is 1. The summed E-state index contributed by atoms with van der Waals surface area (Å²) < 4.78 is 15.7. The second kappa shape index (κ2) is 9.97.